The molecule has 36 heavy (non-hydrogen) atoms. The van der Waals surface area contributed by atoms with Crippen molar-refractivity contribution in [2.75, 3.05) is 27.4 Å². The summed E-state index contributed by atoms with van der Waals surface area (Å²) in [6, 6.07) is 19.3. The molecule has 0 heterocycles. The number of rotatable bonds is 11. The maximum Gasteiger partial charge on any atom is 0.251 e. The molecule has 0 bridgehead atoms. The van der Waals surface area contributed by atoms with Crippen LogP contribution in [0.25, 0.3) is 0 Å². The normalized spacial score (nSPS) is 11.1. The predicted octanol–water partition coefficient (Wildman–Crippen LogP) is 5.95. The minimum absolute atomic E-state index is 0.0851. The van der Waals surface area contributed by atoms with E-state index in [0.717, 1.165) is 16.9 Å². The molecule has 3 aromatic carbocycles. The predicted molar refractivity (Wildman–Crippen MR) is 143 cm³/mol. The van der Waals surface area contributed by atoms with Crippen LogP contribution in [-0.4, -0.2) is 33.3 Å². The van der Waals surface area contributed by atoms with Crippen molar-refractivity contribution >= 4 is 5.91 Å². The second-order valence-electron chi connectivity index (χ2n) is 9.51. The summed E-state index contributed by atoms with van der Waals surface area (Å²) in [6.07, 6.45) is 0.670. The highest BCUT2D eigenvalue weighted by Crippen LogP contribution is 2.28. The molecule has 0 saturated carbocycles. The lowest BCUT2D eigenvalue weighted by Gasteiger charge is -2.19. The standard InChI is InChI=1S/C30H37NO5/c1-7-35-26-15-9-22(19-23(26)20-36-25-12-10-24(11-13-25)30(2,3)4)29(32)31-17-16-21-8-14-27(33-5)28(18-21)34-6/h8-15,18-19H,7,16-17,20H2,1-6H3,(H,31,32). The Hall–Kier alpha value is -3.67. The summed E-state index contributed by atoms with van der Waals surface area (Å²) in [7, 11) is 3.22. The Kier molecular flexibility index (Phi) is 9.23. The number of nitrogens with one attached hydrogen (secondary N) is 1. The maximum absolute atomic E-state index is 12.8. The summed E-state index contributed by atoms with van der Waals surface area (Å²) in [5.41, 5.74) is 3.77. The number of hydrogen-bond donors (Lipinski definition) is 1. The van der Waals surface area contributed by atoms with E-state index in [2.05, 4.69) is 38.2 Å². The Morgan fingerprint density at radius 1 is 0.833 bits per heavy atom. The van der Waals surface area contributed by atoms with Crippen LogP contribution in [0.2, 0.25) is 0 Å². The van der Waals surface area contributed by atoms with Gasteiger partial charge in [-0.15, -0.1) is 0 Å². The average Bonchev–Trinajstić information content (AvgIpc) is 2.87. The molecule has 0 spiro atoms. The number of carbonyl (C=O) groups is 1. The molecule has 6 nitrogen and oxygen atoms in total. The SMILES string of the molecule is CCOc1ccc(C(=O)NCCc2ccc(OC)c(OC)c2)cc1COc1ccc(C(C)(C)C)cc1. The highest BCUT2D eigenvalue weighted by atomic mass is 16.5. The van der Waals surface area contributed by atoms with E-state index < -0.39 is 0 Å². The number of benzene rings is 3. The van der Waals surface area contributed by atoms with Crippen LogP contribution < -0.4 is 24.3 Å². The molecule has 3 rings (SSSR count). The van der Waals surface area contributed by atoms with Crippen molar-refractivity contribution in [3.8, 4) is 23.0 Å². The molecule has 3 aromatic rings. The van der Waals surface area contributed by atoms with Crippen molar-refractivity contribution < 1.29 is 23.7 Å². The van der Waals surface area contributed by atoms with Crippen LogP contribution in [0.4, 0.5) is 0 Å². The van der Waals surface area contributed by atoms with Gasteiger partial charge >= 0.3 is 0 Å². The molecule has 1 N–H and O–H groups in total. The second-order valence-corrected chi connectivity index (χ2v) is 9.51. The van der Waals surface area contributed by atoms with E-state index in [4.69, 9.17) is 18.9 Å². The average molecular weight is 492 g/mol. The zero-order valence-electron chi connectivity index (χ0n) is 22.1. The maximum atomic E-state index is 12.8. The van der Waals surface area contributed by atoms with Gasteiger partial charge in [0.15, 0.2) is 11.5 Å². The number of carbonyl (C=O) groups excluding carboxylic acids is 1. The lowest BCUT2D eigenvalue weighted by Crippen LogP contribution is -2.25. The van der Waals surface area contributed by atoms with Crippen molar-refractivity contribution in [3.05, 3.63) is 82.9 Å². The summed E-state index contributed by atoms with van der Waals surface area (Å²) in [6.45, 7) is 9.81. The molecule has 6 heteroatoms. The lowest BCUT2D eigenvalue weighted by atomic mass is 9.87. The van der Waals surface area contributed by atoms with E-state index in [1.165, 1.54) is 5.56 Å². The van der Waals surface area contributed by atoms with E-state index in [-0.39, 0.29) is 11.3 Å². The van der Waals surface area contributed by atoms with Gasteiger partial charge < -0.3 is 24.3 Å². The Morgan fingerprint density at radius 2 is 1.53 bits per heavy atom. The van der Waals surface area contributed by atoms with Crippen LogP contribution in [0.5, 0.6) is 23.0 Å². The fourth-order valence-corrected chi connectivity index (χ4v) is 3.80. The second kappa shape index (κ2) is 12.3. The molecular weight excluding hydrogens is 454 g/mol. The van der Waals surface area contributed by atoms with Crippen molar-refractivity contribution in [3.63, 3.8) is 0 Å². The first kappa shape index (κ1) is 26.9. The van der Waals surface area contributed by atoms with E-state index >= 15 is 0 Å². The van der Waals surface area contributed by atoms with Crippen LogP contribution in [0.1, 0.15) is 54.7 Å². The molecule has 0 aliphatic carbocycles. The van der Waals surface area contributed by atoms with Gasteiger partial charge in [-0.3, -0.25) is 4.79 Å². The van der Waals surface area contributed by atoms with Gasteiger partial charge in [0.1, 0.15) is 18.1 Å². The molecule has 192 valence electrons. The highest BCUT2D eigenvalue weighted by molar-refractivity contribution is 5.94. The Labute approximate surface area is 214 Å². The summed E-state index contributed by atoms with van der Waals surface area (Å²) in [5.74, 6) is 2.69. The van der Waals surface area contributed by atoms with Gasteiger partial charge in [-0.25, -0.2) is 0 Å². The van der Waals surface area contributed by atoms with Gasteiger partial charge in [0.05, 0.1) is 20.8 Å². The van der Waals surface area contributed by atoms with Crippen molar-refractivity contribution in [2.45, 2.75) is 46.1 Å². The molecular formula is C30H37NO5. The van der Waals surface area contributed by atoms with E-state index in [0.29, 0.717) is 49.0 Å². The fourth-order valence-electron chi connectivity index (χ4n) is 3.80. The minimum Gasteiger partial charge on any atom is -0.493 e. The van der Waals surface area contributed by atoms with E-state index in [1.54, 1.807) is 20.3 Å². The molecule has 1 amide bonds. The molecule has 0 fully saturated rings. The van der Waals surface area contributed by atoms with E-state index in [1.807, 2.05) is 49.4 Å². The minimum atomic E-state index is -0.144. The largest absolute Gasteiger partial charge is 0.493 e. The molecule has 0 aliphatic heterocycles. The van der Waals surface area contributed by atoms with E-state index in [9.17, 15) is 4.79 Å². The molecule has 0 aliphatic rings. The topological polar surface area (TPSA) is 66.0 Å². The molecule has 0 radical (unpaired) electrons. The van der Waals surface area contributed by atoms with Gasteiger partial charge in [0, 0.05) is 17.7 Å². The van der Waals surface area contributed by atoms with Crippen LogP contribution in [0, 0.1) is 0 Å². The van der Waals surface area contributed by atoms with Gasteiger partial charge in [-0.05, 0) is 72.4 Å². The first-order valence-electron chi connectivity index (χ1n) is 12.2. The molecule has 0 saturated heterocycles. The lowest BCUT2D eigenvalue weighted by molar-refractivity contribution is 0.0954. The first-order valence-corrected chi connectivity index (χ1v) is 12.2. The van der Waals surface area contributed by atoms with Gasteiger partial charge in [-0.1, -0.05) is 39.0 Å². The van der Waals surface area contributed by atoms with Crippen molar-refractivity contribution in [1.82, 2.24) is 5.32 Å². The summed E-state index contributed by atoms with van der Waals surface area (Å²) in [5, 5.41) is 2.99. The van der Waals surface area contributed by atoms with Gasteiger partial charge in [-0.2, -0.15) is 0 Å². The first-order chi connectivity index (χ1) is 17.2. The molecule has 0 aromatic heterocycles. The van der Waals surface area contributed by atoms with Crippen LogP contribution in [-0.2, 0) is 18.4 Å². The number of hydrogen-bond acceptors (Lipinski definition) is 5. The summed E-state index contributed by atoms with van der Waals surface area (Å²) in [4.78, 5) is 12.8. The zero-order valence-corrected chi connectivity index (χ0v) is 22.1. The van der Waals surface area contributed by atoms with Crippen LogP contribution in [0.3, 0.4) is 0 Å². The third-order valence-corrected chi connectivity index (χ3v) is 5.88. The van der Waals surface area contributed by atoms with Gasteiger partial charge in [0.2, 0.25) is 0 Å². The third-order valence-electron chi connectivity index (χ3n) is 5.88. The quantitative estimate of drug-likeness (QED) is 0.359. The van der Waals surface area contributed by atoms with Crippen LogP contribution in [0.15, 0.2) is 60.7 Å². The Bertz CT molecular complexity index is 1150. The fraction of sp³-hybridized carbons (Fsp3) is 0.367. The highest BCUT2D eigenvalue weighted by Gasteiger charge is 2.14. The number of methoxy groups -OCH3 is 2. The smallest absolute Gasteiger partial charge is 0.251 e. The Morgan fingerprint density at radius 3 is 2.17 bits per heavy atom. The van der Waals surface area contributed by atoms with Gasteiger partial charge in [0.25, 0.3) is 5.91 Å². The van der Waals surface area contributed by atoms with Crippen molar-refractivity contribution in [2.24, 2.45) is 0 Å². The third kappa shape index (κ3) is 7.17. The number of amides is 1. The Balaban J connectivity index is 1.64. The monoisotopic (exact) mass is 491 g/mol. The summed E-state index contributed by atoms with van der Waals surface area (Å²) >= 11 is 0. The van der Waals surface area contributed by atoms with Crippen molar-refractivity contribution in [1.29, 1.82) is 0 Å². The molecule has 0 atom stereocenters. The number of ether oxygens (including phenoxy) is 4. The van der Waals surface area contributed by atoms with Crippen LogP contribution >= 0.6 is 0 Å². The molecule has 0 unspecified atom stereocenters. The summed E-state index contributed by atoms with van der Waals surface area (Å²) < 4.78 is 22.4. The zero-order chi connectivity index (χ0) is 26.1.